The number of rotatable bonds is 5. The zero-order valence-electron chi connectivity index (χ0n) is 11.6. The zero-order valence-corrected chi connectivity index (χ0v) is 12.5. The summed E-state index contributed by atoms with van der Waals surface area (Å²) in [5, 5.41) is 2.51. The average molecular weight is 336 g/mol. The van der Waals surface area contributed by atoms with Gasteiger partial charge in [0.2, 0.25) is 15.9 Å². The topological polar surface area (TPSA) is 75.3 Å². The van der Waals surface area contributed by atoms with Gasteiger partial charge in [-0.05, 0) is 25.1 Å². The van der Waals surface area contributed by atoms with Gasteiger partial charge in [-0.25, -0.2) is 13.1 Å². The molecule has 1 aliphatic rings. The Hall–Kier alpha value is -1.61. The number of hydrogen-bond acceptors (Lipinski definition) is 3. The summed E-state index contributed by atoms with van der Waals surface area (Å²) in [4.78, 5) is 11.6. The molecule has 5 nitrogen and oxygen atoms in total. The highest BCUT2D eigenvalue weighted by molar-refractivity contribution is 7.90. The SMILES string of the molecule is CNS(=O)(=O)CC(=O)N[C@@H]1C[C@H]1c1cccc(C(F)(F)F)c1. The lowest BCUT2D eigenvalue weighted by Crippen LogP contribution is -2.36. The van der Waals surface area contributed by atoms with Gasteiger partial charge in [-0.1, -0.05) is 18.2 Å². The molecule has 0 spiro atoms. The summed E-state index contributed by atoms with van der Waals surface area (Å²) in [6.07, 6.45) is -3.92. The van der Waals surface area contributed by atoms with E-state index in [1.54, 1.807) is 6.07 Å². The Labute approximate surface area is 125 Å². The van der Waals surface area contributed by atoms with E-state index in [9.17, 15) is 26.4 Å². The Morgan fingerprint density at radius 1 is 1.36 bits per heavy atom. The van der Waals surface area contributed by atoms with Crippen molar-refractivity contribution in [3.8, 4) is 0 Å². The number of amides is 1. The molecule has 0 saturated heterocycles. The third-order valence-electron chi connectivity index (χ3n) is 3.41. The predicted molar refractivity (Wildman–Crippen MR) is 73.6 cm³/mol. The van der Waals surface area contributed by atoms with Crippen molar-refractivity contribution in [3.05, 3.63) is 35.4 Å². The van der Waals surface area contributed by atoms with Crippen LogP contribution < -0.4 is 10.0 Å². The van der Waals surface area contributed by atoms with Crippen LogP contribution in [0.4, 0.5) is 13.2 Å². The van der Waals surface area contributed by atoms with Crippen molar-refractivity contribution < 1.29 is 26.4 Å². The van der Waals surface area contributed by atoms with Crippen molar-refractivity contribution >= 4 is 15.9 Å². The summed E-state index contributed by atoms with van der Waals surface area (Å²) in [5.41, 5.74) is -0.253. The molecule has 0 radical (unpaired) electrons. The van der Waals surface area contributed by atoms with Crippen LogP contribution in [-0.2, 0) is 21.0 Å². The molecule has 0 aromatic heterocycles. The summed E-state index contributed by atoms with van der Waals surface area (Å²) in [5.74, 6) is -1.59. The zero-order chi connectivity index (χ0) is 16.5. The van der Waals surface area contributed by atoms with Crippen LogP contribution in [0.2, 0.25) is 0 Å². The molecule has 0 bridgehead atoms. The van der Waals surface area contributed by atoms with E-state index in [1.807, 2.05) is 4.72 Å². The van der Waals surface area contributed by atoms with Crippen LogP contribution in [0.1, 0.15) is 23.5 Å². The van der Waals surface area contributed by atoms with Gasteiger partial charge in [0, 0.05) is 12.0 Å². The van der Waals surface area contributed by atoms with Crippen molar-refractivity contribution in [2.75, 3.05) is 12.8 Å². The van der Waals surface area contributed by atoms with Crippen LogP contribution in [0.3, 0.4) is 0 Å². The maximum Gasteiger partial charge on any atom is 0.416 e. The minimum Gasteiger partial charge on any atom is -0.352 e. The Kier molecular flexibility index (Phi) is 4.48. The molecule has 1 aliphatic carbocycles. The molecule has 22 heavy (non-hydrogen) atoms. The number of halogens is 3. The average Bonchev–Trinajstić information content (AvgIpc) is 3.16. The van der Waals surface area contributed by atoms with Crippen LogP contribution in [0.5, 0.6) is 0 Å². The van der Waals surface area contributed by atoms with Gasteiger partial charge in [-0.3, -0.25) is 4.79 Å². The van der Waals surface area contributed by atoms with Crippen LogP contribution >= 0.6 is 0 Å². The number of sulfonamides is 1. The molecule has 1 saturated carbocycles. The lowest BCUT2D eigenvalue weighted by Gasteiger charge is -2.09. The Bertz CT molecular complexity index is 673. The van der Waals surface area contributed by atoms with Crippen molar-refractivity contribution in [2.24, 2.45) is 0 Å². The van der Waals surface area contributed by atoms with Gasteiger partial charge in [0.05, 0.1) is 5.56 Å². The first-order valence-electron chi connectivity index (χ1n) is 6.50. The highest BCUT2D eigenvalue weighted by Gasteiger charge is 2.41. The van der Waals surface area contributed by atoms with E-state index in [2.05, 4.69) is 5.32 Å². The number of carbonyl (C=O) groups excluding carboxylic acids is 1. The second-order valence-corrected chi connectivity index (χ2v) is 7.03. The summed E-state index contributed by atoms with van der Waals surface area (Å²) in [6.45, 7) is 0. The summed E-state index contributed by atoms with van der Waals surface area (Å²) >= 11 is 0. The second kappa shape index (κ2) is 5.88. The van der Waals surface area contributed by atoms with E-state index < -0.39 is 33.4 Å². The Balaban J connectivity index is 1.97. The molecule has 1 fully saturated rings. The molecular formula is C13H15F3N2O3S. The van der Waals surface area contributed by atoms with Crippen LogP contribution in [0.15, 0.2) is 24.3 Å². The maximum absolute atomic E-state index is 12.6. The fraction of sp³-hybridized carbons (Fsp3) is 0.462. The molecule has 122 valence electrons. The Morgan fingerprint density at radius 3 is 2.64 bits per heavy atom. The standard InChI is InChI=1S/C13H15F3N2O3S/c1-17-22(20,21)7-12(19)18-11-6-10(11)8-3-2-4-9(5-8)13(14,15)16/h2-5,10-11,17H,6-7H2,1H3,(H,18,19)/t10-,11+/m0/s1. The molecule has 1 aromatic rings. The van der Waals surface area contributed by atoms with Crippen molar-refractivity contribution in [1.29, 1.82) is 0 Å². The largest absolute Gasteiger partial charge is 0.416 e. The van der Waals surface area contributed by atoms with Crippen molar-refractivity contribution in [3.63, 3.8) is 0 Å². The lowest BCUT2D eigenvalue weighted by atomic mass is 10.1. The van der Waals surface area contributed by atoms with Gasteiger partial charge >= 0.3 is 6.18 Å². The highest BCUT2D eigenvalue weighted by Crippen LogP contribution is 2.42. The maximum atomic E-state index is 12.6. The third-order valence-corrected chi connectivity index (χ3v) is 4.68. The quantitative estimate of drug-likeness (QED) is 0.849. The second-order valence-electron chi connectivity index (χ2n) is 5.10. The molecule has 2 rings (SSSR count). The van der Waals surface area contributed by atoms with Gasteiger partial charge in [-0.2, -0.15) is 13.2 Å². The first-order valence-corrected chi connectivity index (χ1v) is 8.15. The molecule has 1 amide bonds. The molecular weight excluding hydrogens is 321 g/mol. The first kappa shape index (κ1) is 16.8. The number of alkyl halides is 3. The minimum atomic E-state index is -4.41. The molecule has 1 aromatic carbocycles. The number of nitrogens with one attached hydrogen (secondary N) is 2. The van der Waals surface area contributed by atoms with Crippen LogP contribution in [0, 0.1) is 0 Å². The monoisotopic (exact) mass is 336 g/mol. The van der Waals surface area contributed by atoms with Gasteiger partial charge in [0.15, 0.2) is 0 Å². The fourth-order valence-electron chi connectivity index (χ4n) is 2.16. The Morgan fingerprint density at radius 2 is 2.05 bits per heavy atom. The number of benzene rings is 1. The smallest absolute Gasteiger partial charge is 0.352 e. The van der Waals surface area contributed by atoms with Gasteiger partial charge in [0.25, 0.3) is 0 Å². The first-order chi connectivity index (χ1) is 10.1. The molecule has 0 aliphatic heterocycles. The number of carbonyl (C=O) groups is 1. The number of hydrogen-bond donors (Lipinski definition) is 2. The van der Waals surface area contributed by atoms with Crippen molar-refractivity contribution in [1.82, 2.24) is 10.0 Å². The summed E-state index contributed by atoms with van der Waals surface area (Å²) < 4.78 is 62.4. The van der Waals surface area contributed by atoms with Crippen LogP contribution in [-0.4, -0.2) is 33.2 Å². The van der Waals surface area contributed by atoms with Crippen molar-refractivity contribution in [2.45, 2.75) is 24.6 Å². The molecule has 2 N–H and O–H groups in total. The normalized spacial score (nSPS) is 21.5. The van der Waals surface area contributed by atoms with E-state index in [0.717, 1.165) is 12.1 Å². The molecule has 0 unspecified atom stereocenters. The predicted octanol–water partition coefficient (Wildman–Crippen LogP) is 1.23. The van der Waals surface area contributed by atoms with Gasteiger partial charge in [-0.15, -0.1) is 0 Å². The summed E-state index contributed by atoms with van der Waals surface area (Å²) in [6, 6.07) is 4.60. The fourth-order valence-corrected chi connectivity index (χ4v) is 2.73. The molecule has 2 atom stereocenters. The van der Waals surface area contributed by atoms with Gasteiger partial charge in [0.1, 0.15) is 5.75 Å². The van der Waals surface area contributed by atoms with E-state index in [0.29, 0.717) is 12.0 Å². The van der Waals surface area contributed by atoms with Crippen LogP contribution in [0.25, 0.3) is 0 Å². The molecule has 0 heterocycles. The third kappa shape index (κ3) is 4.20. The highest BCUT2D eigenvalue weighted by atomic mass is 32.2. The summed E-state index contributed by atoms with van der Waals surface area (Å²) in [7, 11) is -2.46. The molecule has 9 heteroatoms. The lowest BCUT2D eigenvalue weighted by molar-refractivity contribution is -0.137. The van der Waals surface area contributed by atoms with E-state index in [1.165, 1.54) is 13.1 Å². The minimum absolute atomic E-state index is 0.219. The van der Waals surface area contributed by atoms with E-state index >= 15 is 0 Å². The van der Waals surface area contributed by atoms with E-state index in [4.69, 9.17) is 0 Å². The van der Waals surface area contributed by atoms with E-state index in [-0.39, 0.29) is 12.0 Å². The van der Waals surface area contributed by atoms with Gasteiger partial charge < -0.3 is 5.32 Å².